The largest absolute Gasteiger partial charge is 0.393 e. The van der Waals surface area contributed by atoms with Gasteiger partial charge in [-0.25, -0.2) is 4.68 Å². The predicted molar refractivity (Wildman–Crippen MR) is 114 cm³/mol. The van der Waals surface area contributed by atoms with Crippen LogP contribution < -0.4 is 5.73 Å². The fourth-order valence-corrected chi connectivity index (χ4v) is 4.48. The average Bonchev–Trinajstić information content (AvgIpc) is 3.06. The number of benzene rings is 1. The first-order valence-electron chi connectivity index (χ1n) is 10.7. The van der Waals surface area contributed by atoms with Crippen LogP contribution in [-0.2, 0) is 16.1 Å². The molecule has 2 aliphatic heterocycles. The van der Waals surface area contributed by atoms with E-state index in [0.717, 1.165) is 43.7 Å². The summed E-state index contributed by atoms with van der Waals surface area (Å²) in [5.74, 6) is 0.481. The van der Waals surface area contributed by atoms with Gasteiger partial charge < -0.3 is 25.4 Å². The maximum absolute atomic E-state index is 13.3. The molecule has 0 unspecified atom stereocenters. The molecule has 1 aromatic carbocycles. The van der Waals surface area contributed by atoms with Gasteiger partial charge in [-0.15, -0.1) is 0 Å². The van der Waals surface area contributed by atoms with Gasteiger partial charge in [0.15, 0.2) is 0 Å². The molecule has 162 valence electrons. The van der Waals surface area contributed by atoms with Crippen molar-refractivity contribution in [2.45, 2.75) is 44.6 Å². The number of amides is 1. The van der Waals surface area contributed by atoms with Gasteiger partial charge >= 0.3 is 0 Å². The van der Waals surface area contributed by atoms with Crippen LogP contribution in [0, 0.1) is 6.92 Å². The summed E-state index contributed by atoms with van der Waals surface area (Å²) in [6, 6.07) is 11.7. The molecule has 2 saturated heterocycles. The first kappa shape index (κ1) is 20.8. The van der Waals surface area contributed by atoms with Crippen LogP contribution in [0.1, 0.15) is 30.1 Å². The number of carbonyl (C=O) groups excluding carboxylic acids is 1. The highest BCUT2D eigenvalue weighted by molar-refractivity contribution is 5.77. The quantitative estimate of drug-likeness (QED) is 0.765. The Hall–Kier alpha value is -2.42. The second kappa shape index (κ2) is 9.16. The minimum absolute atomic E-state index is 0.0129. The van der Waals surface area contributed by atoms with E-state index in [-0.39, 0.29) is 30.7 Å². The van der Waals surface area contributed by atoms with Crippen LogP contribution in [0.5, 0.6) is 0 Å². The van der Waals surface area contributed by atoms with E-state index in [1.165, 1.54) is 0 Å². The maximum Gasteiger partial charge on any atom is 0.245 e. The number of nitrogens with two attached hydrogens (primary N) is 1. The minimum Gasteiger partial charge on any atom is -0.393 e. The number of aliphatic hydroxyl groups excluding tert-OH is 1. The standard InChI is InChI=1S/C22H31N5O3/c1-16-13-20(23)27(24-16)15-21(29)26-11-12-30-19(14-25-9-7-18(28)8-10-25)22(26)17-5-3-2-4-6-17/h2-6,13,18-19,22,28H,7-12,14-15,23H2,1H3/t19-,22-/m0/s1. The molecular weight excluding hydrogens is 382 g/mol. The number of likely N-dealkylation sites (tertiary alicyclic amines) is 1. The van der Waals surface area contributed by atoms with Crippen molar-refractivity contribution in [3.63, 3.8) is 0 Å². The third-order valence-corrected chi connectivity index (χ3v) is 6.03. The number of morpholine rings is 1. The molecule has 0 radical (unpaired) electrons. The SMILES string of the molecule is Cc1cc(N)n(CC(=O)N2CCO[C@@H](CN3CCC(O)CC3)[C@@H]2c2ccccc2)n1. The van der Waals surface area contributed by atoms with E-state index in [0.29, 0.717) is 19.0 Å². The summed E-state index contributed by atoms with van der Waals surface area (Å²) in [4.78, 5) is 17.5. The Bertz CT molecular complexity index is 848. The molecule has 2 aliphatic rings. The lowest BCUT2D eigenvalue weighted by Crippen LogP contribution is -2.53. The summed E-state index contributed by atoms with van der Waals surface area (Å²) in [5.41, 5.74) is 7.87. The van der Waals surface area contributed by atoms with Gasteiger partial charge in [0.05, 0.1) is 30.6 Å². The number of nitrogen functional groups attached to an aromatic ring is 1. The van der Waals surface area contributed by atoms with E-state index < -0.39 is 0 Å². The first-order valence-corrected chi connectivity index (χ1v) is 10.7. The number of nitrogens with zero attached hydrogens (tertiary/aromatic N) is 4. The molecule has 0 aliphatic carbocycles. The van der Waals surface area contributed by atoms with Crippen molar-refractivity contribution in [1.82, 2.24) is 19.6 Å². The van der Waals surface area contributed by atoms with Crippen molar-refractivity contribution in [3.05, 3.63) is 47.7 Å². The molecule has 0 spiro atoms. The predicted octanol–water partition coefficient (Wildman–Crippen LogP) is 1.20. The Kier molecular flexibility index (Phi) is 6.36. The number of ether oxygens (including phenoxy) is 1. The van der Waals surface area contributed by atoms with Gasteiger partial charge in [-0.05, 0) is 25.3 Å². The molecule has 1 amide bonds. The van der Waals surface area contributed by atoms with Crippen LogP contribution >= 0.6 is 0 Å². The molecule has 3 N–H and O–H groups in total. The van der Waals surface area contributed by atoms with Gasteiger partial charge in [-0.3, -0.25) is 4.79 Å². The van der Waals surface area contributed by atoms with Crippen LogP contribution in [-0.4, -0.2) is 75.6 Å². The molecule has 1 aromatic heterocycles. The molecule has 0 saturated carbocycles. The first-order chi connectivity index (χ1) is 14.5. The number of aliphatic hydroxyl groups is 1. The van der Waals surface area contributed by atoms with Gasteiger partial charge in [0.2, 0.25) is 5.91 Å². The van der Waals surface area contributed by atoms with Gasteiger partial charge in [0, 0.05) is 32.2 Å². The van der Waals surface area contributed by atoms with Crippen molar-refractivity contribution >= 4 is 11.7 Å². The van der Waals surface area contributed by atoms with E-state index in [2.05, 4.69) is 22.1 Å². The molecule has 2 fully saturated rings. The lowest BCUT2D eigenvalue weighted by atomic mass is 9.96. The van der Waals surface area contributed by atoms with Crippen LogP contribution in [0.15, 0.2) is 36.4 Å². The summed E-state index contributed by atoms with van der Waals surface area (Å²) >= 11 is 0. The van der Waals surface area contributed by atoms with Crippen LogP contribution in [0.2, 0.25) is 0 Å². The average molecular weight is 414 g/mol. The van der Waals surface area contributed by atoms with Crippen molar-refractivity contribution in [2.24, 2.45) is 0 Å². The van der Waals surface area contributed by atoms with E-state index >= 15 is 0 Å². The van der Waals surface area contributed by atoms with E-state index in [4.69, 9.17) is 10.5 Å². The van der Waals surface area contributed by atoms with Crippen LogP contribution in [0.25, 0.3) is 0 Å². The normalized spacial score (nSPS) is 23.6. The zero-order valence-corrected chi connectivity index (χ0v) is 17.5. The summed E-state index contributed by atoms with van der Waals surface area (Å²) in [6.07, 6.45) is 1.23. The summed E-state index contributed by atoms with van der Waals surface area (Å²) < 4.78 is 7.75. The number of piperidine rings is 1. The number of hydrogen-bond donors (Lipinski definition) is 2. The van der Waals surface area contributed by atoms with E-state index in [1.807, 2.05) is 30.0 Å². The highest BCUT2D eigenvalue weighted by Crippen LogP contribution is 2.31. The molecule has 2 atom stereocenters. The highest BCUT2D eigenvalue weighted by atomic mass is 16.5. The lowest BCUT2D eigenvalue weighted by Gasteiger charge is -2.44. The molecule has 8 heteroatoms. The van der Waals surface area contributed by atoms with E-state index in [1.54, 1.807) is 10.7 Å². The zero-order chi connectivity index (χ0) is 21.1. The molecular formula is C22H31N5O3. The summed E-state index contributed by atoms with van der Waals surface area (Å²) in [6.45, 7) is 5.45. The number of aryl methyl sites for hydroxylation is 1. The number of aromatic nitrogens is 2. The number of rotatable bonds is 5. The van der Waals surface area contributed by atoms with Gasteiger partial charge in [0.1, 0.15) is 12.4 Å². The molecule has 3 heterocycles. The Morgan fingerprint density at radius 2 is 1.97 bits per heavy atom. The molecule has 4 rings (SSSR count). The number of anilines is 1. The Morgan fingerprint density at radius 1 is 1.23 bits per heavy atom. The minimum atomic E-state index is -0.209. The number of hydrogen-bond acceptors (Lipinski definition) is 6. The highest BCUT2D eigenvalue weighted by Gasteiger charge is 2.37. The van der Waals surface area contributed by atoms with Gasteiger partial charge in [-0.1, -0.05) is 30.3 Å². The molecule has 8 nitrogen and oxygen atoms in total. The van der Waals surface area contributed by atoms with Crippen LogP contribution in [0.4, 0.5) is 5.82 Å². The third kappa shape index (κ3) is 4.66. The fourth-order valence-electron chi connectivity index (χ4n) is 4.48. The van der Waals surface area contributed by atoms with Gasteiger partial charge in [0.25, 0.3) is 0 Å². The van der Waals surface area contributed by atoms with Gasteiger partial charge in [-0.2, -0.15) is 5.10 Å². The van der Waals surface area contributed by atoms with Crippen molar-refractivity contribution < 1.29 is 14.6 Å². The van der Waals surface area contributed by atoms with Crippen LogP contribution in [0.3, 0.4) is 0 Å². The lowest BCUT2D eigenvalue weighted by molar-refractivity contribution is -0.149. The fraction of sp³-hybridized carbons (Fsp3) is 0.545. The molecule has 30 heavy (non-hydrogen) atoms. The van der Waals surface area contributed by atoms with Crippen molar-refractivity contribution in [1.29, 1.82) is 0 Å². The van der Waals surface area contributed by atoms with Crippen molar-refractivity contribution in [3.8, 4) is 0 Å². The zero-order valence-electron chi connectivity index (χ0n) is 17.5. The summed E-state index contributed by atoms with van der Waals surface area (Å²) in [5, 5.41) is 14.2. The molecule has 0 bridgehead atoms. The second-order valence-electron chi connectivity index (χ2n) is 8.25. The third-order valence-electron chi connectivity index (χ3n) is 6.03. The maximum atomic E-state index is 13.3. The monoisotopic (exact) mass is 413 g/mol. The summed E-state index contributed by atoms with van der Waals surface area (Å²) in [7, 11) is 0. The Morgan fingerprint density at radius 3 is 2.63 bits per heavy atom. The van der Waals surface area contributed by atoms with Crippen molar-refractivity contribution in [2.75, 3.05) is 38.5 Å². The Balaban J connectivity index is 1.55. The second-order valence-corrected chi connectivity index (χ2v) is 8.25. The number of carbonyl (C=O) groups is 1. The molecule has 2 aromatic rings. The van der Waals surface area contributed by atoms with E-state index in [9.17, 15) is 9.90 Å². The topological polar surface area (TPSA) is 96.8 Å². The smallest absolute Gasteiger partial charge is 0.245 e. The Labute approximate surface area is 177 Å².